The predicted molar refractivity (Wildman–Crippen MR) is 79.9 cm³/mol. The van der Waals surface area contributed by atoms with Crippen molar-refractivity contribution >= 4 is 11.7 Å². The fourth-order valence-electron chi connectivity index (χ4n) is 1.90. The number of benzene rings is 2. The fourth-order valence-corrected chi connectivity index (χ4v) is 1.90. The number of aryl methyl sites for hydroxylation is 2. The van der Waals surface area contributed by atoms with Crippen LogP contribution in [0.15, 0.2) is 36.4 Å². The number of carbonyl (C=O) groups excluding carboxylic acids is 1. The summed E-state index contributed by atoms with van der Waals surface area (Å²) in [4.78, 5) is 11.6. The minimum Gasteiger partial charge on any atom is -0.473 e. The molecule has 2 N–H and O–H groups in total. The molecule has 0 aliphatic heterocycles. The van der Waals surface area contributed by atoms with Gasteiger partial charge in [-0.1, -0.05) is 17.7 Å². The maximum Gasteiger partial charge on any atom is 0.321 e. The normalized spacial score (nSPS) is 10.2. The Morgan fingerprint density at radius 2 is 1.91 bits per heavy atom. The molecular formula is C16H16F2N2O2. The lowest BCUT2D eigenvalue weighted by Gasteiger charge is -2.12. The molecule has 0 radical (unpaired) electrons. The van der Waals surface area contributed by atoms with Gasteiger partial charge in [-0.25, -0.2) is 13.6 Å². The number of rotatable bonds is 4. The van der Waals surface area contributed by atoms with Crippen LogP contribution in [-0.2, 0) is 0 Å². The summed E-state index contributed by atoms with van der Waals surface area (Å²) in [6.45, 7) is 3.77. The molecule has 0 spiro atoms. The summed E-state index contributed by atoms with van der Waals surface area (Å²) in [5, 5.41) is 4.62. The fraction of sp³-hybridized carbons (Fsp3) is 0.188. The molecule has 0 atom stereocenters. The van der Waals surface area contributed by atoms with Crippen LogP contribution in [0.25, 0.3) is 0 Å². The average Bonchev–Trinajstić information content (AvgIpc) is 2.45. The van der Waals surface area contributed by atoms with Gasteiger partial charge in [-0.3, -0.25) is 0 Å². The number of anilines is 1. The van der Waals surface area contributed by atoms with E-state index in [1.807, 2.05) is 26.0 Å². The summed E-state index contributed by atoms with van der Waals surface area (Å²) >= 11 is 0. The third kappa shape index (κ3) is 4.18. The van der Waals surface area contributed by atoms with Crippen LogP contribution in [0.2, 0.25) is 0 Å². The molecule has 2 aromatic rings. The lowest BCUT2D eigenvalue weighted by Crippen LogP contribution is -2.32. The number of amides is 2. The van der Waals surface area contributed by atoms with E-state index in [-0.39, 0.29) is 12.4 Å². The molecule has 2 rings (SSSR count). The predicted octanol–water partition coefficient (Wildman–Crippen LogP) is 3.74. The third-order valence-corrected chi connectivity index (χ3v) is 2.97. The van der Waals surface area contributed by atoms with Gasteiger partial charge in [-0.15, -0.1) is 0 Å². The van der Waals surface area contributed by atoms with Gasteiger partial charge in [0, 0.05) is 6.07 Å². The zero-order valence-electron chi connectivity index (χ0n) is 12.2. The summed E-state index contributed by atoms with van der Waals surface area (Å²) in [6.07, 6.45) is 0. The van der Waals surface area contributed by atoms with Crippen molar-refractivity contribution in [3.8, 4) is 5.75 Å². The molecule has 2 aromatic carbocycles. The van der Waals surface area contributed by atoms with Crippen LogP contribution >= 0.6 is 0 Å². The van der Waals surface area contributed by atoms with Gasteiger partial charge in [0.1, 0.15) is 17.4 Å². The van der Waals surface area contributed by atoms with Gasteiger partial charge in [0.05, 0.1) is 5.69 Å². The van der Waals surface area contributed by atoms with E-state index in [0.29, 0.717) is 5.75 Å². The Kier molecular flexibility index (Phi) is 4.93. The molecule has 0 saturated heterocycles. The average molecular weight is 306 g/mol. The van der Waals surface area contributed by atoms with Gasteiger partial charge >= 0.3 is 6.03 Å². The second-order valence-corrected chi connectivity index (χ2v) is 4.81. The van der Waals surface area contributed by atoms with Crippen LogP contribution in [0.3, 0.4) is 0 Å². The molecule has 0 bridgehead atoms. The summed E-state index contributed by atoms with van der Waals surface area (Å²) in [7, 11) is 0. The molecule has 0 saturated carbocycles. The Labute approximate surface area is 127 Å². The van der Waals surface area contributed by atoms with E-state index in [4.69, 9.17) is 4.74 Å². The highest BCUT2D eigenvalue weighted by molar-refractivity contribution is 5.89. The Morgan fingerprint density at radius 3 is 2.64 bits per heavy atom. The van der Waals surface area contributed by atoms with Crippen molar-refractivity contribution in [2.75, 3.05) is 12.0 Å². The Morgan fingerprint density at radius 1 is 1.14 bits per heavy atom. The maximum absolute atomic E-state index is 13.4. The first-order valence-electron chi connectivity index (χ1n) is 6.65. The molecule has 22 heavy (non-hydrogen) atoms. The number of nitrogens with one attached hydrogen (secondary N) is 2. The molecule has 0 fully saturated rings. The van der Waals surface area contributed by atoms with E-state index >= 15 is 0 Å². The molecular weight excluding hydrogens is 290 g/mol. The topological polar surface area (TPSA) is 50.4 Å². The molecule has 2 amide bonds. The van der Waals surface area contributed by atoms with Crippen molar-refractivity contribution in [2.24, 2.45) is 0 Å². The second kappa shape index (κ2) is 6.89. The van der Waals surface area contributed by atoms with Crippen LogP contribution in [0.4, 0.5) is 19.3 Å². The van der Waals surface area contributed by atoms with Gasteiger partial charge in [0.25, 0.3) is 0 Å². The molecule has 0 aliphatic carbocycles. The summed E-state index contributed by atoms with van der Waals surface area (Å²) in [5.41, 5.74) is 1.82. The van der Waals surface area contributed by atoms with Crippen molar-refractivity contribution in [2.45, 2.75) is 13.8 Å². The van der Waals surface area contributed by atoms with Crippen molar-refractivity contribution in [1.82, 2.24) is 5.32 Å². The van der Waals surface area contributed by atoms with Crippen LogP contribution in [-0.4, -0.2) is 12.8 Å². The van der Waals surface area contributed by atoms with Crippen LogP contribution in [0.1, 0.15) is 11.1 Å². The zero-order valence-corrected chi connectivity index (χ0v) is 12.2. The highest BCUT2D eigenvalue weighted by atomic mass is 19.1. The van der Waals surface area contributed by atoms with Crippen LogP contribution < -0.4 is 15.4 Å². The highest BCUT2D eigenvalue weighted by Crippen LogP contribution is 2.18. The lowest BCUT2D eigenvalue weighted by molar-refractivity contribution is 0.234. The zero-order chi connectivity index (χ0) is 16.1. The largest absolute Gasteiger partial charge is 0.473 e. The molecule has 6 heteroatoms. The molecule has 116 valence electrons. The quantitative estimate of drug-likeness (QED) is 0.845. The second-order valence-electron chi connectivity index (χ2n) is 4.81. The minimum atomic E-state index is -0.716. The molecule has 0 heterocycles. The standard InChI is InChI=1S/C16H16F2N2O2/c1-10-3-6-15(11(2)7-10)22-9-19-16(21)20-14-8-12(17)4-5-13(14)18/h3-8H,9H2,1-2H3,(H2,19,20,21). The first-order chi connectivity index (χ1) is 10.5. The first kappa shape index (κ1) is 15.8. The van der Waals surface area contributed by atoms with Crippen molar-refractivity contribution in [3.63, 3.8) is 0 Å². The van der Waals surface area contributed by atoms with E-state index in [0.717, 1.165) is 29.3 Å². The van der Waals surface area contributed by atoms with E-state index in [1.54, 1.807) is 6.07 Å². The van der Waals surface area contributed by atoms with E-state index < -0.39 is 17.7 Å². The number of halogens is 2. The minimum absolute atomic E-state index is 0.0906. The molecule has 0 unspecified atom stereocenters. The Hall–Kier alpha value is -2.63. The van der Waals surface area contributed by atoms with Crippen LogP contribution in [0, 0.1) is 25.5 Å². The van der Waals surface area contributed by atoms with Gasteiger partial charge in [0.15, 0.2) is 6.73 Å². The monoisotopic (exact) mass is 306 g/mol. The summed E-state index contributed by atoms with van der Waals surface area (Å²) < 4.78 is 31.8. The third-order valence-electron chi connectivity index (χ3n) is 2.97. The first-order valence-corrected chi connectivity index (χ1v) is 6.65. The van der Waals surface area contributed by atoms with Gasteiger partial charge in [-0.2, -0.15) is 0 Å². The molecule has 0 aliphatic rings. The smallest absolute Gasteiger partial charge is 0.321 e. The van der Waals surface area contributed by atoms with Gasteiger partial charge in [0.2, 0.25) is 0 Å². The van der Waals surface area contributed by atoms with Crippen molar-refractivity contribution in [3.05, 3.63) is 59.2 Å². The van der Waals surface area contributed by atoms with Crippen molar-refractivity contribution < 1.29 is 18.3 Å². The highest BCUT2D eigenvalue weighted by Gasteiger charge is 2.08. The number of urea groups is 1. The molecule has 0 aromatic heterocycles. The molecule has 4 nitrogen and oxygen atoms in total. The Balaban J connectivity index is 1.86. The number of ether oxygens (including phenoxy) is 1. The maximum atomic E-state index is 13.4. The van der Waals surface area contributed by atoms with E-state index in [9.17, 15) is 13.6 Å². The van der Waals surface area contributed by atoms with Gasteiger partial charge < -0.3 is 15.4 Å². The van der Waals surface area contributed by atoms with Crippen LogP contribution in [0.5, 0.6) is 5.75 Å². The number of carbonyl (C=O) groups is 1. The summed E-state index contributed by atoms with van der Waals surface area (Å²) in [5.74, 6) is -0.710. The van der Waals surface area contributed by atoms with E-state index in [2.05, 4.69) is 10.6 Å². The van der Waals surface area contributed by atoms with Gasteiger partial charge in [-0.05, 0) is 37.6 Å². The summed E-state index contributed by atoms with van der Waals surface area (Å²) in [6, 6.07) is 7.78. The number of hydrogen-bond donors (Lipinski definition) is 2. The van der Waals surface area contributed by atoms with E-state index in [1.165, 1.54) is 0 Å². The van der Waals surface area contributed by atoms with Crippen molar-refractivity contribution in [1.29, 1.82) is 0 Å². The lowest BCUT2D eigenvalue weighted by atomic mass is 10.1. The SMILES string of the molecule is Cc1ccc(OCNC(=O)Nc2cc(F)ccc2F)c(C)c1. The number of hydrogen-bond acceptors (Lipinski definition) is 2. The Bertz CT molecular complexity index is 690.